The lowest BCUT2D eigenvalue weighted by atomic mass is 10.3. The quantitative estimate of drug-likeness (QED) is 0.672. The molecule has 5 N–H and O–H groups in total. The lowest BCUT2D eigenvalue weighted by molar-refractivity contribution is -0.128. The van der Waals surface area contributed by atoms with Gasteiger partial charge in [0, 0.05) is 13.1 Å². The molecule has 0 spiro atoms. The molecule has 0 aliphatic heterocycles. The zero-order chi connectivity index (χ0) is 14.4. The third-order valence-corrected chi connectivity index (χ3v) is 2.70. The van der Waals surface area contributed by atoms with Gasteiger partial charge in [-0.2, -0.15) is 0 Å². The Balaban J connectivity index is 2.74. The van der Waals surface area contributed by atoms with Crippen molar-refractivity contribution in [2.75, 3.05) is 30.7 Å². The molecule has 0 atom stereocenters. The molecule has 7 heteroatoms. The molecule has 7 nitrogen and oxygen atoms in total. The summed E-state index contributed by atoms with van der Waals surface area (Å²) in [5, 5.41) is 2.82. The van der Waals surface area contributed by atoms with Crippen molar-refractivity contribution in [3.8, 4) is 0 Å². The average molecular weight is 265 g/mol. The van der Waals surface area contributed by atoms with E-state index in [0.717, 1.165) is 0 Å². The van der Waals surface area contributed by atoms with Crippen LogP contribution in [0, 0.1) is 0 Å². The van der Waals surface area contributed by atoms with Crippen molar-refractivity contribution in [2.45, 2.75) is 13.8 Å². The normalized spacial score (nSPS) is 10.0. The number of carbonyl (C=O) groups excluding carboxylic acids is 2. The Bertz CT molecular complexity index is 471. The maximum Gasteiger partial charge on any atom is 0.267 e. The summed E-state index contributed by atoms with van der Waals surface area (Å²) in [7, 11) is 0. The molecule has 2 amide bonds. The largest absolute Gasteiger partial charge is 0.396 e. The van der Waals surface area contributed by atoms with E-state index in [-0.39, 0.29) is 24.0 Å². The van der Waals surface area contributed by atoms with Gasteiger partial charge in [-0.25, -0.2) is 4.98 Å². The average Bonchev–Trinajstić information content (AvgIpc) is 2.38. The lowest BCUT2D eigenvalue weighted by Crippen LogP contribution is -2.35. The van der Waals surface area contributed by atoms with Crippen LogP contribution < -0.4 is 16.8 Å². The standard InChI is InChI=1S/C12H19N5O2/c1-3-17(4-2)10(18)7-15-12-8(13)5-6-9(16-12)11(14)19/h5-6H,3-4,7,13H2,1-2H3,(H2,14,19)(H,15,16). The summed E-state index contributed by atoms with van der Waals surface area (Å²) in [6.45, 7) is 5.16. The number of carbonyl (C=O) groups is 2. The van der Waals surface area contributed by atoms with Crippen molar-refractivity contribution < 1.29 is 9.59 Å². The van der Waals surface area contributed by atoms with Crippen LogP contribution in [-0.4, -0.2) is 41.3 Å². The number of anilines is 2. The van der Waals surface area contributed by atoms with Crippen LogP contribution in [0.5, 0.6) is 0 Å². The van der Waals surface area contributed by atoms with Crippen molar-refractivity contribution in [2.24, 2.45) is 5.73 Å². The van der Waals surface area contributed by atoms with Gasteiger partial charge in [-0.3, -0.25) is 9.59 Å². The SMILES string of the molecule is CCN(CC)C(=O)CNc1nc(C(N)=O)ccc1N. The topological polar surface area (TPSA) is 114 Å². The van der Waals surface area contributed by atoms with Gasteiger partial charge in [-0.05, 0) is 26.0 Å². The Hall–Kier alpha value is -2.31. The number of nitrogens with one attached hydrogen (secondary N) is 1. The molecule has 0 aliphatic carbocycles. The predicted octanol–water partition coefficient (Wildman–Crippen LogP) is 0.0430. The molecule has 0 unspecified atom stereocenters. The van der Waals surface area contributed by atoms with E-state index in [9.17, 15) is 9.59 Å². The van der Waals surface area contributed by atoms with Gasteiger partial charge in [0.2, 0.25) is 5.91 Å². The highest BCUT2D eigenvalue weighted by atomic mass is 16.2. The van der Waals surface area contributed by atoms with Gasteiger partial charge in [0.25, 0.3) is 5.91 Å². The summed E-state index contributed by atoms with van der Waals surface area (Å²) in [6, 6.07) is 2.96. The Kier molecular flexibility index (Phi) is 5.11. The van der Waals surface area contributed by atoms with Crippen LogP contribution in [0.3, 0.4) is 0 Å². The van der Waals surface area contributed by atoms with E-state index in [1.165, 1.54) is 12.1 Å². The third-order valence-electron chi connectivity index (χ3n) is 2.70. The summed E-state index contributed by atoms with van der Waals surface area (Å²) in [5.74, 6) is -0.411. The monoisotopic (exact) mass is 265 g/mol. The van der Waals surface area contributed by atoms with Crippen LogP contribution in [0.15, 0.2) is 12.1 Å². The minimum atomic E-state index is -0.641. The fourth-order valence-corrected chi connectivity index (χ4v) is 1.60. The maximum atomic E-state index is 11.8. The predicted molar refractivity (Wildman–Crippen MR) is 73.6 cm³/mol. The van der Waals surface area contributed by atoms with Crippen LogP contribution >= 0.6 is 0 Å². The minimum absolute atomic E-state index is 0.0596. The second kappa shape index (κ2) is 6.58. The van der Waals surface area contributed by atoms with E-state index < -0.39 is 5.91 Å². The number of nitrogens with zero attached hydrogens (tertiary/aromatic N) is 2. The van der Waals surface area contributed by atoms with Crippen LogP contribution in [0.2, 0.25) is 0 Å². The van der Waals surface area contributed by atoms with Gasteiger partial charge >= 0.3 is 0 Å². The van der Waals surface area contributed by atoms with Crippen molar-refractivity contribution in [1.29, 1.82) is 0 Å². The summed E-state index contributed by atoms with van der Waals surface area (Å²) >= 11 is 0. The molecule has 0 aliphatic rings. The first-order valence-electron chi connectivity index (χ1n) is 6.07. The molecule has 1 heterocycles. The molecular weight excluding hydrogens is 246 g/mol. The van der Waals surface area contributed by atoms with Crippen LogP contribution in [0.25, 0.3) is 0 Å². The molecule has 0 bridgehead atoms. The highest BCUT2D eigenvalue weighted by Crippen LogP contribution is 2.15. The van der Waals surface area contributed by atoms with Gasteiger partial charge in [0.05, 0.1) is 12.2 Å². The summed E-state index contributed by atoms with van der Waals surface area (Å²) in [6.07, 6.45) is 0. The van der Waals surface area contributed by atoms with E-state index in [1.54, 1.807) is 4.90 Å². The van der Waals surface area contributed by atoms with Crippen LogP contribution in [0.4, 0.5) is 11.5 Å². The van der Waals surface area contributed by atoms with Crippen molar-refractivity contribution in [3.05, 3.63) is 17.8 Å². The second-order valence-corrected chi connectivity index (χ2v) is 3.92. The first-order valence-corrected chi connectivity index (χ1v) is 6.07. The van der Waals surface area contributed by atoms with E-state index in [4.69, 9.17) is 11.5 Å². The van der Waals surface area contributed by atoms with E-state index >= 15 is 0 Å². The van der Waals surface area contributed by atoms with E-state index in [2.05, 4.69) is 10.3 Å². The number of rotatable bonds is 6. The van der Waals surface area contributed by atoms with Gasteiger partial charge in [0.1, 0.15) is 5.69 Å². The van der Waals surface area contributed by atoms with Crippen LogP contribution in [-0.2, 0) is 4.79 Å². The first-order chi connectivity index (χ1) is 8.99. The molecule has 0 fully saturated rings. The van der Waals surface area contributed by atoms with Crippen LogP contribution in [0.1, 0.15) is 24.3 Å². The molecular formula is C12H19N5O2. The number of hydrogen-bond acceptors (Lipinski definition) is 5. The Morgan fingerprint density at radius 3 is 2.47 bits per heavy atom. The molecule has 1 rings (SSSR count). The lowest BCUT2D eigenvalue weighted by Gasteiger charge is -2.19. The Labute approximate surface area is 112 Å². The smallest absolute Gasteiger partial charge is 0.267 e. The highest BCUT2D eigenvalue weighted by molar-refractivity contribution is 5.92. The van der Waals surface area contributed by atoms with Crippen molar-refractivity contribution in [3.63, 3.8) is 0 Å². The van der Waals surface area contributed by atoms with Gasteiger partial charge in [-0.15, -0.1) is 0 Å². The number of hydrogen-bond donors (Lipinski definition) is 3. The maximum absolute atomic E-state index is 11.8. The Morgan fingerprint density at radius 2 is 1.95 bits per heavy atom. The molecule has 1 aromatic rings. The van der Waals surface area contributed by atoms with Gasteiger partial charge in [0.15, 0.2) is 5.82 Å². The number of nitrogens with two attached hydrogens (primary N) is 2. The molecule has 0 aromatic carbocycles. The van der Waals surface area contributed by atoms with E-state index in [0.29, 0.717) is 18.8 Å². The number of aromatic nitrogens is 1. The number of likely N-dealkylation sites (N-methyl/N-ethyl adjacent to an activating group) is 1. The number of nitrogen functional groups attached to an aromatic ring is 1. The molecule has 1 aromatic heterocycles. The van der Waals surface area contributed by atoms with Crippen molar-refractivity contribution >= 4 is 23.3 Å². The second-order valence-electron chi connectivity index (χ2n) is 3.92. The summed E-state index contributed by atoms with van der Waals surface area (Å²) in [5.41, 5.74) is 11.3. The number of amides is 2. The highest BCUT2D eigenvalue weighted by Gasteiger charge is 2.11. The van der Waals surface area contributed by atoms with E-state index in [1.807, 2.05) is 13.8 Å². The van der Waals surface area contributed by atoms with Crippen molar-refractivity contribution in [1.82, 2.24) is 9.88 Å². The number of pyridine rings is 1. The fourth-order valence-electron chi connectivity index (χ4n) is 1.60. The minimum Gasteiger partial charge on any atom is -0.396 e. The third kappa shape index (κ3) is 3.84. The summed E-state index contributed by atoms with van der Waals surface area (Å²) < 4.78 is 0. The molecule has 19 heavy (non-hydrogen) atoms. The molecule has 0 radical (unpaired) electrons. The zero-order valence-corrected chi connectivity index (χ0v) is 11.1. The van der Waals surface area contributed by atoms with Gasteiger partial charge < -0.3 is 21.7 Å². The molecule has 0 saturated heterocycles. The molecule has 104 valence electrons. The fraction of sp³-hybridized carbons (Fsp3) is 0.417. The summed E-state index contributed by atoms with van der Waals surface area (Å²) in [4.78, 5) is 28.5. The first kappa shape index (κ1) is 14.7. The Morgan fingerprint density at radius 1 is 1.32 bits per heavy atom. The zero-order valence-electron chi connectivity index (χ0n) is 11.1. The number of primary amides is 1. The van der Waals surface area contributed by atoms with Gasteiger partial charge in [-0.1, -0.05) is 0 Å². The molecule has 0 saturated carbocycles.